The molecule has 2 aliphatic heterocycles. The number of piperidine rings is 1. The molecule has 0 spiro atoms. The molecule has 3 heterocycles. The van der Waals surface area contributed by atoms with Gasteiger partial charge in [0.15, 0.2) is 0 Å². The molecule has 2 N–H and O–H groups in total. The second-order valence-electron chi connectivity index (χ2n) is 8.18. The summed E-state index contributed by atoms with van der Waals surface area (Å²) in [5.41, 5.74) is 6.19. The highest BCUT2D eigenvalue weighted by Gasteiger charge is 2.30. The van der Waals surface area contributed by atoms with E-state index in [1.807, 2.05) is 23.2 Å². The number of nitrogens with zero attached hydrogens (tertiary/aromatic N) is 4. The van der Waals surface area contributed by atoms with Crippen LogP contribution in [0, 0.1) is 11.8 Å². The van der Waals surface area contributed by atoms with Gasteiger partial charge < -0.3 is 15.5 Å². The van der Waals surface area contributed by atoms with Gasteiger partial charge in [-0.15, -0.1) is 0 Å². The van der Waals surface area contributed by atoms with Gasteiger partial charge in [0, 0.05) is 52.0 Å². The van der Waals surface area contributed by atoms with Crippen LogP contribution in [-0.2, 0) is 4.79 Å². The zero-order valence-corrected chi connectivity index (χ0v) is 16.9. The van der Waals surface area contributed by atoms with E-state index in [-0.39, 0.29) is 17.9 Å². The third-order valence-electron chi connectivity index (χ3n) is 6.23. The Morgan fingerprint density at radius 3 is 2.70 bits per heavy atom. The van der Waals surface area contributed by atoms with E-state index < -0.39 is 0 Å². The Morgan fingerprint density at radius 2 is 2.04 bits per heavy atom. The quantitative estimate of drug-likeness (QED) is 0.824. The number of hydrogen-bond donors (Lipinski definition) is 1. The number of carbonyl (C=O) groups is 1. The van der Waals surface area contributed by atoms with Crippen molar-refractivity contribution >= 4 is 11.7 Å². The van der Waals surface area contributed by atoms with Crippen LogP contribution in [0.15, 0.2) is 24.4 Å². The summed E-state index contributed by atoms with van der Waals surface area (Å²) in [6.45, 7) is 11.2. The van der Waals surface area contributed by atoms with Crippen molar-refractivity contribution < 1.29 is 4.79 Å². The zero-order chi connectivity index (χ0) is 19.2. The van der Waals surface area contributed by atoms with Crippen molar-refractivity contribution in [3.63, 3.8) is 0 Å². The van der Waals surface area contributed by atoms with Crippen LogP contribution in [0.5, 0.6) is 0 Å². The number of hydrogen-bond acceptors (Lipinski definition) is 5. The Hall–Kier alpha value is -1.66. The molecule has 3 unspecified atom stereocenters. The van der Waals surface area contributed by atoms with E-state index in [9.17, 15) is 4.79 Å². The molecule has 2 fully saturated rings. The number of nitrogens with two attached hydrogens (primary N) is 1. The lowest BCUT2D eigenvalue weighted by molar-refractivity contribution is -0.135. The van der Waals surface area contributed by atoms with Crippen LogP contribution >= 0.6 is 0 Å². The average Bonchev–Trinajstić information content (AvgIpc) is 2.73. The third-order valence-corrected chi connectivity index (χ3v) is 6.23. The smallest absolute Gasteiger partial charge is 0.239 e. The number of rotatable bonds is 6. The SMILES string of the molecule is CCC(C)C(N)C(=O)N1CCCC(CN2CCN(c3ccccn3)CC2)C1. The number of aromatic nitrogens is 1. The lowest BCUT2D eigenvalue weighted by Gasteiger charge is -2.40. The summed E-state index contributed by atoms with van der Waals surface area (Å²) in [5.74, 6) is 2.03. The molecule has 0 radical (unpaired) electrons. The zero-order valence-electron chi connectivity index (χ0n) is 16.9. The topological polar surface area (TPSA) is 65.7 Å². The molecule has 1 amide bonds. The normalized spacial score (nSPS) is 23.9. The van der Waals surface area contributed by atoms with Gasteiger partial charge in [-0.1, -0.05) is 26.3 Å². The number of amides is 1. The van der Waals surface area contributed by atoms with Gasteiger partial charge in [-0.2, -0.15) is 0 Å². The molecule has 6 heteroatoms. The summed E-state index contributed by atoms with van der Waals surface area (Å²) in [4.78, 5) is 24.1. The first-order valence-corrected chi connectivity index (χ1v) is 10.5. The molecule has 150 valence electrons. The summed E-state index contributed by atoms with van der Waals surface area (Å²) in [7, 11) is 0. The van der Waals surface area contributed by atoms with Crippen LogP contribution in [-0.4, -0.2) is 72.5 Å². The van der Waals surface area contributed by atoms with Crippen molar-refractivity contribution in [1.29, 1.82) is 0 Å². The first-order valence-electron chi connectivity index (χ1n) is 10.5. The van der Waals surface area contributed by atoms with Crippen LogP contribution in [0.2, 0.25) is 0 Å². The first-order chi connectivity index (χ1) is 13.1. The van der Waals surface area contributed by atoms with Crippen molar-refractivity contribution in [1.82, 2.24) is 14.8 Å². The highest BCUT2D eigenvalue weighted by atomic mass is 16.2. The predicted octanol–water partition coefficient (Wildman–Crippen LogP) is 1.82. The number of pyridine rings is 1. The van der Waals surface area contributed by atoms with Gasteiger partial charge in [0.1, 0.15) is 5.82 Å². The van der Waals surface area contributed by atoms with Crippen LogP contribution in [0.25, 0.3) is 0 Å². The van der Waals surface area contributed by atoms with Crippen molar-refractivity contribution in [2.45, 2.75) is 39.2 Å². The van der Waals surface area contributed by atoms with Gasteiger partial charge in [-0.3, -0.25) is 9.69 Å². The van der Waals surface area contributed by atoms with Crippen molar-refractivity contribution in [3.8, 4) is 0 Å². The maximum Gasteiger partial charge on any atom is 0.239 e. The second-order valence-corrected chi connectivity index (χ2v) is 8.18. The minimum atomic E-state index is -0.351. The molecule has 3 atom stereocenters. The van der Waals surface area contributed by atoms with Crippen molar-refractivity contribution in [2.24, 2.45) is 17.6 Å². The Morgan fingerprint density at radius 1 is 1.26 bits per heavy atom. The standard InChI is InChI=1S/C21H35N5O/c1-3-17(2)20(22)21(27)26-10-6-7-18(16-26)15-24-11-13-25(14-12-24)19-8-4-5-9-23-19/h4-5,8-9,17-18,20H,3,6-7,10-16,22H2,1-2H3. The van der Waals surface area contributed by atoms with E-state index in [1.54, 1.807) is 0 Å². The summed E-state index contributed by atoms with van der Waals surface area (Å²) in [5, 5.41) is 0. The highest BCUT2D eigenvalue weighted by molar-refractivity contribution is 5.82. The van der Waals surface area contributed by atoms with Gasteiger partial charge in [-0.05, 0) is 36.8 Å². The van der Waals surface area contributed by atoms with Crippen molar-refractivity contribution in [2.75, 3.05) is 50.7 Å². The summed E-state index contributed by atoms with van der Waals surface area (Å²) >= 11 is 0. The van der Waals surface area contributed by atoms with E-state index in [0.717, 1.165) is 64.5 Å². The number of anilines is 1. The van der Waals surface area contributed by atoms with Crippen LogP contribution < -0.4 is 10.6 Å². The second kappa shape index (κ2) is 9.51. The van der Waals surface area contributed by atoms with Gasteiger partial charge in [0.25, 0.3) is 0 Å². The summed E-state index contributed by atoms with van der Waals surface area (Å²) in [6, 6.07) is 5.74. The molecule has 1 aromatic heterocycles. The monoisotopic (exact) mass is 373 g/mol. The molecular weight excluding hydrogens is 338 g/mol. The molecule has 6 nitrogen and oxygen atoms in total. The fourth-order valence-corrected chi connectivity index (χ4v) is 4.19. The summed E-state index contributed by atoms with van der Waals surface area (Å²) in [6.07, 6.45) is 5.12. The van der Waals surface area contributed by atoms with Crippen molar-refractivity contribution in [3.05, 3.63) is 24.4 Å². The molecule has 0 aliphatic carbocycles. The number of likely N-dealkylation sites (tertiary alicyclic amines) is 1. The van der Waals surface area contributed by atoms with E-state index in [1.165, 1.54) is 6.42 Å². The lowest BCUT2D eigenvalue weighted by atomic mass is 9.94. The maximum atomic E-state index is 12.7. The minimum absolute atomic E-state index is 0.147. The minimum Gasteiger partial charge on any atom is -0.354 e. The molecule has 2 saturated heterocycles. The van der Waals surface area contributed by atoms with E-state index >= 15 is 0 Å². The fraction of sp³-hybridized carbons (Fsp3) is 0.714. The molecule has 0 aromatic carbocycles. The van der Waals surface area contributed by atoms with Gasteiger partial charge in [0.05, 0.1) is 6.04 Å². The Balaban J connectivity index is 1.46. The van der Waals surface area contributed by atoms with E-state index in [4.69, 9.17) is 5.73 Å². The number of carbonyl (C=O) groups excluding carboxylic acids is 1. The lowest BCUT2D eigenvalue weighted by Crippen LogP contribution is -2.53. The molecular formula is C21H35N5O. The van der Waals surface area contributed by atoms with Gasteiger partial charge in [0.2, 0.25) is 5.91 Å². The predicted molar refractivity (Wildman–Crippen MR) is 110 cm³/mol. The first kappa shape index (κ1) is 20.1. The summed E-state index contributed by atoms with van der Waals surface area (Å²) < 4.78 is 0. The molecule has 2 aliphatic rings. The van der Waals surface area contributed by atoms with Crippen LogP contribution in [0.3, 0.4) is 0 Å². The van der Waals surface area contributed by atoms with Crippen LogP contribution in [0.4, 0.5) is 5.82 Å². The maximum absolute atomic E-state index is 12.7. The highest BCUT2D eigenvalue weighted by Crippen LogP contribution is 2.21. The Kier molecular flexibility index (Phi) is 7.07. The fourth-order valence-electron chi connectivity index (χ4n) is 4.19. The average molecular weight is 374 g/mol. The molecule has 0 saturated carbocycles. The molecule has 1 aromatic rings. The largest absolute Gasteiger partial charge is 0.354 e. The Labute approximate surface area is 163 Å². The number of piperazine rings is 1. The van der Waals surface area contributed by atoms with Gasteiger partial charge in [-0.25, -0.2) is 4.98 Å². The third kappa shape index (κ3) is 5.20. The Bertz CT molecular complexity index is 587. The molecule has 27 heavy (non-hydrogen) atoms. The molecule has 3 rings (SSSR count). The molecule has 0 bridgehead atoms. The van der Waals surface area contributed by atoms with Crippen LogP contribution in [0.1, 0.15) is 33.1 Å². The van der Waals surface area contributed by atoms with E-state index in [0.29, 0.717) is 5.92 Å². The van der Waals surface area contributed by atoms with Gasteiger partial charge >= 0.3 is 0 Å². The van der Waals surface area contributed by atoms with E-state index in [2.05, 4.69) is 34.7 Å².